The summed E-state index contributed by atoms with van der Waals surface area (Å²) in [6, 6.07) is 5.36. The maximum absolute atomic E-state index is 12.2. The third-order valence-corrected chi connectivity index (χ3v) is 4.65. The summed E-state index contributed by atoms with van der Waals surface area (Å²) in [5.74, 6) is 1.24. The lowest BCUT2D eigenvalue weighted by Gasteiger charge is -2.12. The number of aryl methyl sites for hydroxylation is 2. The summed E-state index contributed by atoms with van der Waals surface area (Å²) in [6.45, 7) is 1.86. The highest BCUT2D eigenvalue weighted by molar-refractivity contribution is 7.08. The van der Waals surface area contributed by atoms with E-state index in [2.05, 4.69) is 15.5 Å². The molecule has 130 valence electrons. The Morgan fingerprint density at radius 3 is 2.96 bits per heavy atom. The highest BCUT2D eigenvalue weighted by Gasteiger charge is 2.13. The first-order valence-corrected chi connectivity index (χ1v) is 8.88. The number of benzene rings is 1. The lowest BCUT2D eigenvalue weighted by molar-refractivity contribution is -0.116. The van der Waals surface area contributed by atoms with Gasteiger partial charge in [-0.1, -0.05) is 11.6 Å². The summed E-state index contributed by atoms with van der Waals surface area (Å²) in [5, 5.41) is 15.2. The number of hydrogen-bond donors (Lipinski definition) is 1. The Hall–Kier alpha value is -2.38. The molecule has 2 heterocycles. The average Bonchev–Trinajstić information content (AvgIpc) is 3.27. The van der Waals surface area contributed by atoms with E-state index in [0.717, 1.165) is 11.1 Å². The third kappa shape index (κ3) is 4.18. The number of nitrogens with one attached hydrogen (secondary N) is 1. The predicted molar refractivity (Wildman–Crippen MR) is 97.3 cm³/mol. The summed E-state index contributed by atoms with van der Waals surface area (Å²) in [6.07, 6.45) is 0.577. The Labute approximate surface area is 153 Å². The maximum Gasteiger partial charge on any atom is 0.248 e. The minimum Gasteiger partial charge on any atom is -0.495 e. The van der Waals surface area contributed by atoms with E-state index in [9.17, 15) is 4.79 Å². The lowest BCUT2D eigenvalue weighted by Crippen LogP contribution is -2.13. The van der Waals surface area contributed by atoms with E-state index >= 15 is 0 Å². The number of halogens is 1. The molecule has 0 saturated carbocycles. The van der Waals surface area contributed by atoms with Gasteiger partial charge < -0.3 is 14.5 Å². The second kappa shape index (κ2) is 7.67. The highest BCUT2D eigenvalue weighted by atomic mass is 35.5. The van der Waals surface area contributed by atoms with Crippen molar-refractivity contribution in [3.63, 3.8) is 0 Å². The largest absolute Gasteiger partial charge is 0.495 e. The van der Waals surface area contributed by atoms with Crippen LogP contribution < -0.4 is 10.1 Å². The van der Waals surface area contributed by atoms with Crippen molar-refractivity contribution < 1.29 is 13.9 Å². The molecule has 3 aromatic rings. The van der Waals surface area contributed by atoms with Crippen LogP contribution in [0.2, 0.25) is 5.02 Å². The van der Waals surface area contributed by atoms with Crippen LogP contribution in [0.3, 0.4) is 0 Å². The fourth-order valence-corrected chi connectivity index (χ4v) is 3.00. The number of nitrogens with zero attached hydrogens (tertiary/aromatic N) is 2. The molecule has 3 rings (SSSR count). The van der Waals surface area contributed by atoms with E-state index in [-0.39, 0.29) is 12.3 Å². The van der Waals surface area contributed by atoms with Crippen LogP contribution in [-0.2, 0) is 11.2 Å². The minimum atomic E-state index is -0.171. The van der Waals surface area contributed by atoms with E-state index in [0.29, 0.717) is 34.7 Å². The Kier molecular flexibility index (Phi) is 5.35. The Balaban J connectivity index is 1.61. The highest BCUT2D eigenvalue weighted by Crippen LogP contribution is 2.31. The van der Waals surface area contributed by atoms with Gasteiger partial charge in [-0.25, -0.2) is 0 Å². The molecule has 0 radical (unpaired) electrons. The van der Waals surface area contributed by atoms with Crippen LogP contribution in [0, 0.1) is 6.92 Å². The molecule has 0 unspecified atom stereocenters. The minimum absolute atomic E-state index is 0.171. The Morgan fingerprint density at radius 2 is 2.24 bits per heavy atom. The fourth-order valence-electron chi connectivity index (χ4n) is 2.22. The van der Waals surface area contributed by atoms with Crippen LogP contribution in [0.4, 0.5) is 5.69 Å². The molecule has 0 aliphatic heterocycles. The van der Waals surface area contributed by atoms with Crippen molar-refractivity contribution in [3.8, 4) is 17.2 Å². The number of carbonyl (C=O) groups is 1. The lowest BCUT2D eigenvalue weighted by atomic mass is 10.2. The number of ether oxygens (including phenoxy) is 1. The SMILES string of the molecule is COc1cc(Cl)c(C)cc1NC(=O)CCc1nnc(-c2ccsc2)o1. The molecule has 0 aliphatic rings. The van der Waals surface area contributed by atoms with Crippen LogP contribution >= 0.6 is 22.9 Å². The van der Waals surface area contributed by atoms with Gasteiger partial charge in [0.05, 0.1) is 12.8 Å². The average molecular weight is 378 g/mol. The number of aromatic nitrogens is 2. The number of carbonyl (C=O) groups excluding carboxylic acids is 1. The zero-order valence-corrected chi connectivity index (χ0v) is 15.3. The van der Waals surface area contributed by atoms with Crippen molar-refractivity contribution in [3.05, 3.63) is 45.4 Å². The summed E-state index contributed by atoms with van der Waals surface area (Å²) in [5.41, 5.74) is 2.32. The molecule has 6 nitrogen and oxygen atoms in total. The van der Waals surface area contributed by atoms with E-state index in [4.69, 9.17) is 20.8 Å². The second-order valence-corrected chi connectivity index (χ2v) is 6.55. The molecule has 0 spiro atoms. The van der Waals surface area contributed by atoms with Crippen LogP contribution in [-0.4, -0.2) is 23.2 Å². The van der Waals surface area contributed by atoms with Gasteiger partial charge in [0.1, 0.15) is 5.75 Å². The van der Waals surface area contributed by atoms with Gasteiger partial charge in [-0.15, -0.1) is 10.2 Å². The molecule has 0 fully saturated rings. The summed E-state index contributed by atoms with van der Waals surface area (Å²) in [4.78, 5) is 12.2. The molecule has 0 aliphatic carbocycles. The van der Waals surface area contributed by atoms with Crippen molar-refractivity contribution in [2.45, 2.75) is 19.8 Å². The van der Waals surface area contributed by atoms with Gasteiger partial charge in [0.2, 0.25) is 17.7 Å². The first kappa shape index (κ1) is 17.4. The molecule has 0 saturated heterocycles. The fraction of sp³-hybridized carbons (Fsp3) is 0.235. The first-order valence-electron chi connectivity index (χ1n) is 7.55. The number of thiophene rings is 1. The van der Waals surface area contributed by atoms with Crippen LogP contribution in [0.25, 0.3) is 11.5 Å². The third-order valence-electron chi connectivity index (χ3n) is 3.56. The monoisotopic (exact) mass is 377 g/mol. The number of rotatable bonds is 6. The summed E-state index contributed by atoms with van der Waals surface area (Å²) >= 11 is 7.62. The summed E-state index contributed by atoms with van der Waals surface area (Å²) < 4.78 is 10.8. The molecular formula is C17H16ClN3O3S. The van der Waals surface area contributed by atoms with Gasteiger partial charge in [0.25, 0.3) is 0 Å². The van der Waals surface area contributed by atoms with E-state index in [1.54, 1.807) is 23.5 Å². The van der Waals surface area contributed by atoms with Crippen molar-refractivity contribution >= 4 is 34.5 Å². The van der Waals surface area contributed by atoms with Crippen molar-refractivity contribution in [2.75, 3.05) is 12.4 Å². The topological polar surface area (TPSA) is 77.2 Å². The molecule has 1 amide bonds. The van der Waals surface area contributed by atoms with Gasteiger partial charge >= 0.3 is 0 Å². The van der Waals surface area contributed by atoms with Crippen LogP contribution in [0.15, 0.2) is 33.4 Å². The summed E-state index contributed by atoms with van der Waals surface area (Å²) in [7, 11) is 1.53. The number of amides is 1. The van der Waals surface area contributed by atoms with E-state index in [1.165, 1.54) is 7.11 Å². The van der Waals surface area contributed by atoms with Gasteiger partial charge in [0.15, 0.2) is 0 Å². The van der Waals surface area contributed by atoms with Crippen LogP contribution in [0.5, 0.6) is 5.75 Å². The van der Waals surface area contributed by atoms with E-state index in [1.807, 2.05) is 23.8 Å². The molecule has 0 bridgehead atoms. The Morgan fingerprint density at radius 1 is 1.40 bits per heavy atom. The standard InChI is InChI=1S/C17H16ClN3O3S/c1-10-7-13(14(23-2)8-12(10)18)19-15(22)3-4-16-20-21-17(24-16)11-5-6-25-9-11/h5-9H,3-4H2,1-2H3,(H,19,22). The molecule has 25 heavy (non-hydrogen) atoms. The molecule has 8 heteroatoms. The Bertz CT molecular complexity index is 877. The van der Waals surface area contributed by atoms with Gasteiger partial charge in [-0.2, -0.15) is 11.3 Å². The van der Waals surface area contributed by atoms with Crippen molar-refractivity contribution in [1.29, 1.82) is 0 Å². The molecule has 0 atom stereocenters. The number of methoxy groups -OCH3 is 1. The quantitative estimate of drug-likeness (QED) is 0.691. The molecular weight excluding hydrogens is 362 g/mol. The van der Waals surface area contributed by atoms with Crippen LogP contribution in [0.1, 0.15) is 17.9 Å². The predicted octanol–water partition coefficient (Wildman–Crippen LogP) is 4.34. The number of anilines is 1. The number of hydrogen-bond acceptors (Lipinski definition) is 6. The van der Waals surface area contributed by atoms with Gasteiger partial charge in [0, 0.05) is 34.9 Å². The van der Waals surface area contributed by atoms with Crippen molar-refractivity contribution in [1.82, 2.24) is 10.2 Å². The van der Waals surface area contributed by atoms with E-state index < -0.39 is 0 Å². The second-order valence-electron chi connectivity index (χ2n) is 5.36. The normalized spacial score (nSPS) is 10.7. The van der Waals surface area contributed by atoms with Gasteiger partial charge in [-0.05, 0) is 30.0 Å². The molecule has 2 aromatic heterocycles. The van der Waals surface area contributed by atoms with Crippen molar-refractivity contribution in [2.24, 2.45) is 0 Å². The molecule has 1 N–H and O–H groups in total. The smallest absolute Gasteiger partial charge is 0.248 e. The molecule has 1 aromatic carbocycles. The zero-order chi connectivity index (χ0) is 17.8. The first-order chi connectivity index (χ1) is 12.1. The maximum atomic E-state index is 12.2. The zero-order valence-electron chi connectivity index (χ0n) is 13.7. The van der Waals surface area contributed by atoms with Gasteiger partial charge in [-0.3, -0.25) is 4.79 Å².